The Hall–Kier alpha value is -2.19. The minimum Gasteiger partial charge on any atom is -0.484 e. The highest BCUT2D eigenvalue weighted by Gasteiger charge is 2.35. The molecule has 9 heteroatoms. The number of carbonyl (C=O) groups is 1. The van der Waals surface area contributed by atoms with Crippen LogP contribution in [0.3, 0.4) is 0 Å². The van der Waals surface area contributed by atoms with E-state index in [0.29, 0.717) is 23.0 Å². The largest absolute Gasteiger partial charge is 0.484 e. The van der Waals surface area contributed by atoms with E-state index in [1.165, 1.54) is 6.42 Å². The molecule has 7 nitrogen and oxygen atoms in total. The second-order valence-corrected chi connectivity index (χ2v) is 11.2. The van der Waals surface area contributed by atoms with Crippen LogP contribution in [0.2, 0.25) is 5.02 Å². The lowest BCUT2D eigenvalue weighted by molar-refractivity contribution is -0.136. The normalized spacial score (nSPS) is 20.3. The zero-order chi connectivity index (χ0) is 22.7. The highest BCUT2D eigenvalue weighted by molar-refractivity contribution is 7.91. The number of benzene rings is 1. The van der Waals surface area contributed by atoms with Gasteiger partial charge in [0.2, 0.25) is 0 Å². The van der Waals surface area contributed by atoms with Gasteiger partial charge in [-0.25, -0.2) is 8.42 Å². The first-order valence-electron chi connectivity index (χ1n) is 11.0. The van der Waals surface area contributed by atoms with Crippen LogP contribution in [-0.4, -0.2) is 56.5 Å². The number of hydrogen-bond donors (Lipinski definition) is 0. The molecule has 0 N–H and O–H groups in total. The van der Waals surface area contributed by atoms with Crippen molar-refractivity contribution in [3.63, 3.8) is 0 Å². The van der Waals surface area contributed by atoms with E-state index >= 15 is 0 Å². The van der Waals surface area contributed by atoms with Crippen molar-refractivity contribution in [3.05, 3.63) is 46.7 Å². The topological polar surface area (TPSA) is 80.1 Å². The average molecular weight is 481 g/mol. The molecule has 4 rings (SSSR count). The summed E-state index contributed by atoms with van der Waals surface area (Å²) in [5.74, 6) is 1.79. The number of piperidine rings is 1. The first-order chi connectivity index (χ1) is 15.3. The van der Waals surface area contributed by atoms with Crippen LogP contribution in [0, 0.1) is 6.92 Å². The number of carbonyl (C=O) groups excluding carboxylic acids is 1. The number of sulfone groups is 1. The summed E-state index contributed by atoms with van der Waals surface area (Å²) in [6.45, 7) is 3.83. The number of furan rings is 1. The van der Waals surface area contributed by atoms with Gasteiger partial charge in [-0.2, -0.15) is 0 Å². The fraction of sp³-hybridized carbons (Fsp3) is 0.522. The monoisotopic (exact) mass is 480 g/mol. The van der Waals surface area contributed by atoms with Crippen LogP contribution in [-0.2, 0) is 21.2 Å². The minimum absolute atomic E-state index is 0.0293. The highest BCUT2D eigenvalue weighted by atomic mass is 35.5. The van der Waals surface area contributed by atoms with Gasteiger partial charge >= 0.3 is 0 Å². The molecule has 2 fully saturated rings. The summed E-state index contributed by atoms with van der Waals surface area (Å²) in [5, 5.41) is 0.629. The van der Waals surface area contributed by atoms with Crippen LogP contribution in [0.5, 0.6) is 5.75 Å². The molecule has 174 valence electrons. The van der Waals surface area contributed by atoms with Gasteiger partial charge in [-0.3, -0.25) is 4.79 Å². The van der Waals surface area contributed by atoms with Gasteiger partial charge in [0.15, 0.2) is 22.3 Å². The molecule has 2 aliphatic heterocycles. The number of halogens is 1. The number of amides is 1. The van der Waals surface area contributed by atoms with Gasteiger partial charge in [-0.15, -0.1) is 0 Å². The van der Waals surface area contributed by atoms with E-state index in [1.807, 2.05) is 19.1 Å². The molecular formula is C23H29ClN2O5S. The molecule has 1 aromatic heterocycles. The molecule has 1 aromatic carbocycles. The number of rotatable bonds is 7. The second kappa shape index (κ2) is 9.75. The molecule has 1 amide bonds. The van der Waals surface area contributed by atoms with Crippen molar-refractivity contribution in [1.82, 2.24) is 4.90 Å². The van der Waals surface area contributed by atoms with Crippen molar-refractivity contribution in [2.45, 2.75) is 45.2 Å². The summed E-state index contributed by atoms with van der Waals surface area (Å²) in [4.78, 5) is 16.9. The van der Waals surface area contributed by atoms with E-state index in [1.54, 1.807) is 23.1 Å². The maximum Gasteiger partial charge on any atom is 0.261 e. The Morgan fingerprint density at radius 3 is 2.69 bits per heavy atom. The van der Waals surface area contributed by atoms with Crippen molar-refractivity contribution in [1.29, 1.82) is 0 Å². The van der Waals surface area contributed by atoms with E-state index in [9.17, 15) is 13.2 Å². The standard InChI is InChI=1S/C23H29ClN2O5S/c1-17-13-19(5-7-21(17)24)30-15-22(27)26(18-9-12-32(28,29)16-18)14-20-6-8-23(31-20)25-10-3-2-4-11-25/h5-8,13,18H,2-4,9-12,14-16H2,1H3. The van der Waals surface area contributed by atoms with E-state index < -0.39 is 9.84 Å². The van der Waals surface area contributed by atoms with Gasteiger partial charge in [-0.1, -0.05) is 11.6 Å². The number of aryl methyl sites for hydroxylation is 1. The van der Waals surface area contributed by atoms with Gasteiger partial charge in [-0.05, 0) is 62.4 Å². The Morgan fingerprint density at radius 2 is 2.00 bits per heavy atom. The predicted octanol–water partition coefficient (Wildman–Crippen LogP) is 3.83. The summed E-state index contributed by atoms with van der Waals surface area (Å²) in [6.07, 6.45) is 3.94. The Labute approximate surface area is 194 Å². The maximum atomic E-state index is 13.1. The summed E-state index contributed by atoms with van der Waals surface area (Å²) in [6, 6.07) is 8.63. The molecule has 1 atom stereocenters. The number of hydrogen-bond acceptors (Lipinski definition) is 6. The molecule has 0 aliphatic carbocycles. The van der Waals surface area contributed by atoms with Crippen molar-refractivity contribution in [2.24, 2.45) is 0 Å². The lowest BCUT2D eigenvalue weighted by atomic mass is 10.1. The Kier molecular flexibility index (Phi) is 7.00. The summed E-state index contributed by atoms with van der Waals surface area (Å²) in [5.41, 5.74) is 0.858. The molecule has 1 unspecified atom stereocenters. The minimum atomic E-state index is -3.14. The highest BCUT2D eigenvalue weighted by Crippen LogP contribution is 2.26. The van der Waals surface area contributed by atoms with Gasteiger partial charge in [0.25, 0.3) is 5.91 Å². The second-order valence-electron chi connectivity index (χ2n) is 8.57. The Morgan fingerprint density at radius 1 is 1.22 bits per heavy atom. The molecule has 2 aromatic rings. The van der Waals surface area contributed by atoms with Crippen LogP contribution >= 0.6 is 11.6 Å². The number of nitrogens with zero attached hydrogens (tertiary/aromatic N) is 2. The van der Waals surface area contributed by atoms with Crippen LogP contribution in [0.15, 0.2) is 34.7 Å². The average Bonchev–Trinajstić information content (AvgIpc) is 3.39. The first-order valence-corrected chi connectivity index (χ1v) is 13.2. The third-order valence-electron chi connectivity index (χ3n) is 6.10. The quantitative estimate of drug-likeness (QED) is 0.599. The van der Waals surface area contributed by atoms with Crippen molar-refractivity contribution in [3.8, 4) is 5.75 Å². The smallest absolute Gasteiger partial charge is 0.261 e. The predicted molar refractivity (Wildman–Crippen MR) is 124 cm³/mol. The molecule has 0 spiro atoms. The Balaban J connectivity index is 1.46. The number of anilines is 1. The van der Waals surface area contributed by atoms with Gasteiger partial charge in [0, 0.05) is 30.2 Å². The van der Waals surface area contributed by atoms with Gasteiger partial charge < -0.3 is 19.0 Å². The summed E-state index contributed by atoms with van der Waals surface area (Å²) in [7, 11) is -3.14. The molecule has 0 radical (unpaired) electrons. The molecular weight excluding hydrogens is 452 g/mol. The molecule has 0 saturated carbocycles. The SMILES string of the molecule is Cc1cc(OCC(=O)N(Cc2ccc(N3CCCCC3)o2)C2CCS(=O)(=O)C2)ccc1Cl. The van der Waals surface area contributed by atoms with E-state index in [4.69, 9.17) is 20.8 Å². The maximum absolute atomic E-state index is 13.1. The van der Waals surface area contributed by atoms with Crippen molar-refractivity contribution < 1.29 is 22.4 Å². The summed E-state index contributed by atoms with van der Waals surface area (Å²) >= 11 is 6.05. The zero-order valence-electron chi connectivity index (χ0n) is 18.3. The van der Waals surface area contributed by atoms with E-state index in [0.717, 1.165) is 37.4 Å². The van der Waals surface area contributed by atoms with Crippen LogP contribution in [0.4, 0.5) is 5.88 Å². The third-order valence-corrected chi connectivity index (χ3v) is 8.28. The first kappa shape index (κ1) is 23.0. The fourth-order valence-corrected chi connectivity index (χ4v) is 6.13. The van der Waals surface area contributed by atoms with Crippen molar-refractivity contribution >= 4 is 33.2 Å². The third kappa shape index (κ3) is 5.59. The van der Waals surface area contributed by atoms with Gasteiger partial charge in [0.05, 0.1) is 18.1 Å². The van der Waals surface area contributed by atoms with Crippen molar-refractivity contribution in [2.75, 3.05) is 36.1 Å². The van der Waals surface area contributed by atoms with E-state index in [-0.39, 0.29) is 36.6 Å². The zero-order valence-corrected chi connectivity index (χ0v) is 19.8. The van der Waals surface area contributed by atoms with Crippen LogP contribution in [0.25, 0.3) is 0 Å². The van der Waals surface area contributed by atoms with Crippen LogP contribution < -0.4 is 9.64 Å². The molecule has 2 saturated heterocycles. The van der Waals surface area contributed by atoms with Gasteiger partial charge in [0.1, 0.15) is 11.5 Å². The Bertz CT molecular complexity index is 1060. The van der Waals surface area contributed by atoms with Crippen LogP contribution in [0.1, 0.15) is 37.0 Å². The fourth-order valence-electron chi connectivity index (χ4n) is 4.28. The molecule has 0 bridgehead atoms. The molecule has 32 heavy (non-hydrogen) atoms. The molecule has 3 heterocycles. The summed E-state index contributed by atoms with van der Waals surface area (Å²) < 4.78 is 35.9. The lowest BCUT2D eigenvalue weighted by Gasteiger charge is -2.28. The molecule has 2 aliphatic rings. The lowest BCUT2D eigenvalue weighted by Crippen LogP contribution is -2.43. The number of ether oxygens (including phenoxy) is 1. The van der Waals surface area contributed by atoms with E-state index in [2.05, 4.69) is 4.90 Å².